The predicted molar refractivity (Wildman–Crippen MR) is 95.1 cm³/mol. The van der Waals surface area contributed by atoms with Crippen LogP contribution in [0.2, 0.25) is 0 Å². The molecule has 2 heterocycles. The van der Waals surface area contributed by atoms with Crippen LogP contribution in [-0.4, -0.2) is 27.0 Å². The maximum atomic E-state index is 12.3. The van der Waals surface area contributed by atoms with Crippen molar-refractivity contribution in [2.24, 2.45) is 5.41 Å². The van der Waals surface area contributed by atoms with Crippen LogP contribution in [0.1, 0.15) is 61.5 Å². The lowest BCUT2D eigenvalue weighted by Gasteiger charge is -2.23. The number of carbonyl (C=O) groups excluding carboxylic acids is 1. The van der Waals surface area contributed by atoms with E-state index in [9.17, 15) is 4.79 Å². The second kappa shape index (κ2) is 6.83. The molecule has 6 nitrogen and oxygen atoms in total. The minimum Gasteiger partial charge on any atom is -0.356 e. The molecule has 1 aliphatic rings. The van der Waals surface area contributed by atoms with Crippen molar-refractivity contribution in [3.05, 3.63) is 28.7 Å². The van der Waals surface area contributed by atoms with Crippen LogP contribution < -0.4 is 5.32 Å². The van der Waals surface area contributed by atoms with E-state index >= 15 is 0 Å². The number of aryl methyl sites for hydroxylation is 2. The van der Waals surface area contributed by atoms with Gasteiger partial charge in [0, 0.05) is 24.4 Å². The molecule has 0 radical (unpaired) electrons. The number of nitrogens with zero attached hydrogens (tertiary/aromatic N) is 4. The van der Waals surface area contributed by atoms with E-state index in [2.05, 4.69) is 28.4 Å². The van der Waals surface area contributed by atoms with Crippen molar-refractivity contribution in [3.8, 4) is 6.07 Å². The van der Waals surface area contributed by atoms with Crippen molar-refractivity contribution in [3.63, 3.8) is 0 Å². The smallest absolute Gasteiger partial charge is 0.220 e. The first kappa shape index (κ1) is 17.4. The highest BCUT2D eigenvalue weighted by Crippen LogP contribution is 2.36. The average molecular weight is 339 g/mol. The van der Waals surface area contributed by atoms with Gasteiger partial charge in [-0.3, -0.25) is 4.79 Å². The third-order valence-corrected chi connectivity index (χ3v) is 5.45. The van der Waals surface area contributed by atoms with Gasteiger partial charge in [-0.15, -0.1) is 0 Å². The number of amides is 1. The summed E-state index contributed by atoms with van der Waals surface area (Å²) in [5.74, 6) is 0.0881. The summed E-state index contributed by atoms with van der Waals surface area (Å²) in [7, 11) is 0. The fourth-order valence-corrected chi connectivity index (χ4v) is 3.80. The summed E-state index contributed by atoms with van der Waals surface area (Å²) < 4.78 is 1.69. The zero-order chi connectivity index (χ0) is 18.0. The van der Waals surface area contributed by atoms with E-state index in [1.54, 1.807) is 4.52 Å². The topological polar surface area (TPSA) is 83.1 Å². The molecule has 132 valence electrons. The zero-order valence-corrected chi connectivity index (χ0v) is 15.2. The Morgan fingerprint density at radius 1 is 1.40 bits per heavy atom. The Bertz CT molecular complexity index is 840. The Morgan fingerprint density at radius 3 is 2.80 bits per heavy atom. The van der Waals surface area contributed by atoms with E-state index in [-0.39, 0.29) is 11.3 Å². The number of aromatic nitrogens is 3. The highest BCUT2D eigenvalue weighted by molar-refractivity contribution is 5.76. The molecule has 25 heavy (non-hydrogen) atoms. The van der Waals surface area contributed by atoms with Crippen LogP contribution in [0, 0.1) is 30.6 Å². The SMILES string of the molecule is Cc1nc2c(C#N)cnn2c(C)c1CCC(=O)NCC1(C)CCCC1. The quantitative estimate of drug-likeness (QED) is 0.908. The minimum atomic E-state index is 0.0881. The summed E-state index contributed by atoms with van der Waals surface area (Å²) in [6, 6.07) is 2.11. The first-order valence-electron chi connectivity index (χ1n) is 8.94. The van der Waals surface area contributed by atoms with Crippen molar-refractivity contribution < 1.29 is 4.79 Å². The number of hydrogen-bond donors (Lipinski definition) is 1. The fraction of sp³-hybridized carbons (Fsp3) is 0.579. The van der Waals surface area contributed by atoms with E-state index in [1.165, 1.54) is 31.9 Å². The molecule has 1 N–H and O–H groups in total. The molecule has 1 fully saturated rings. The van der Waals surface area contributed by atoms with Crippen molar-refractivity contribution in [2.75, 3.05) is 6.54 Å². The van der Waals surface area contributed by atoms with Gasteiger partial charge in [0.15, 0.2) is 5.65 Å². The lowest BCUT2D eigenvalue weighted by molar-refractivity contribution is -0.121. The average Bonchev–Trinajstić information content (AvgIpc) is 3.19. The van der Waals surface area contributed by atoms with Gasteiger partial charge in [0.05, 0.1) is 6.20 Å². The maximum absolute atomic E-state index is 12.3. The van der Waals surface area contributed by atoms with Crippen LogP contribution in [0.25, 0.3) is 5.65 Å². The van der Waals surface area contributed by atoms with E-state index in [4.69, 9.17) is 5.26 Å². The van der Waals surface area contributed by atoms with Crippen LogP contribution in [0.4, 0.5) is 0 Å². The van der Waals surface area contributed by atoms with Crippen molar-refractivity contribution in [1.82, 2.24) is 19.9 Å². The molecule has 0 aliphatic heterocycles. The molecular weight excluding hydrogens is 314 g/mol. The third-order valence-electron chi connectivity index (χ3n) is 5.45. The summed E-state index contributed by atoms with van der Waals surface area (Å²) >= 11 is 0. The largest absolute Gasteiger partial charge is 0.356 e. The first-order chi connectivity index (χ1) is 11.9. The molecule has 0 saturated heterocycles. The van der Waals surface area contributed by atoms with E-state index < -0.39 is 0 Å². The molecule has 0 aromatic carbocycles. The lowest BCUT2D eigenvalue weighted by Crippen LogP contribution is -2.34. The normalized spacial score (nSPS) is 16.1. The number of nitrogens with one attached hydrogen (secondary N) is 1. The molecule has 0 unspecified atom stereocenters. The van der Waals surface area contributed by atoms with Crippen molar-refractivity contribution >= 4 is 11.6 Å². The molecule has 0 spiro atoms. The summed E-state index contributed by atoms with van der Waals surface area (Å²) in [4.78, 5) is 16.8. The molecular formula is C19H25N5O. The highest BCUT2D eigenvalue weighted by Gasteiger charge is 2.28. The van der Waals surface area contributed by atoms with Gasteiger partial charge in [0.25, 0.3) is 0 Å². The fourth-order valence-electron chi connectivity index (χ4n) is 3.80. The van der Waals surface area contributed by atoms with E-state index in [0.717, 1.165) is 23.5 Å². The molecule has 6 heteroatoms. The number of hydrogen-bond acceptors (Lipinski definition) is 4. The van der Waals surface area contributed by atoms with Gasteiger partial charge in [0.1, 0.15) is 11.6 Å². The monoisotopic (exact) mass is 339 g/mol. The molecule has 2 aromatic heterocycles. The van der Waals surface area contributed by atoms with Gasteiger partial charge in [-0.25, -0.2) is 9.50 Å². The molecule has 2 aromatic rings. The van der Waals surface area contributed by atoms with Crippen LogP contribution in [0.15, 0.2) is 6.20 Å². The molecule has 0 atom stereocenters. The number of nitriles is 1. The Labute approximate surface area is 148 Å². The predicted octanol–water partition coefficient (Wildman–Crippen LogP) is 2.85. The van der Waals surface area contributed by atoms with Crippen LogP contribution >= 0.6 is 0 Å². The molecule has 1 saturated carbocycles. The van der Waals surface area contributed by atoms with Gasteiger partial charge in [0.2, 0.25) is 5.91 Å². The number of rotatable bonds is 5. The number of carbonyl (C=O) groups is 1. The highest BCUT2D eigenvalue weighted by atomic mass is 16.1. The Balaban J connectivity index is 1.66. The summed E-state index contributed by atoms with van der Waals surface area (Å²) in [5, 5.41) is 16.5. The molecule has 1 amide bonds. The third kappa shape index (κ3) is 3.51. The van der Waals surface area contributed by atoms with Gasteiger partial charge in [-0.05, 0) is 44.1 Å². The van der Waals surface area contributed by atoms with E-state index in [1.807, 2.05) is 13.8 Å². The second-order valence-electron chi connectivity index (χ2n) is 7.46. The standard InChI is InChI=1S/C19H25N5O/c1-13-16(14(2)24-18(23-13)15(10-20)11-22-24)6-7-17(25)21-12-19(3)8-4-5-9-19/h11H,4-9,12H2,1-3H3,(H,21,25). The lowest BCUT2D eigenvalue weighted by atomic mass is 9.89. The van der Waals surface area contributed by atoms with Gasteiger partial charge in [-0.1, -0.05) is 19.8 Å². The first-order valence-corrected chi connectivity index (χ1v) is 8.94. The van der Waals surface area contributed by atoms with Crippen LogP contribution in [0.3, 0.4) is 0 Å². The Hall–Kier alpha value is -2.42. The van der Waals surface area contributed by atoms with E-state index in [0.29, 0.717) is 24.1 Å². The summed E-state index contributed by atoms with van der Waals surface area (Å²) in [6.07, 6.45) is 7.55. The maximum Gasteiger partial charge on any atom is 0.220 e. The van der Waals surface area contributed by atoms with Gasteiger partial charge >= 0.3 is 0 Å². The van der Waals surface area contributed by atoms with Gasteiger partial charge in [-0.2, -0.15) is 10.4 Å². The van der Waals surface area contributed by atoms with Crippen molar-refractivity contribution in [2.45, 2.75) is 59.3 Å². The summed E-state index contributed by atoms with van der Waals surface area (Å²) in [6.45, 7) is 6.92. The Kier molecular flexibility index (Phi) is 4.76. The zero-order valence-electron chi connectivity index (χ0n) is 15.2. The minimum absolute atomic E-state index is 0.0881. The molecule has 3 rings (SSSR count). The molecule has 1 aliphatic carbocycles. The molecule has 0 bridgehead atoms. The summed E-state index contributed by atoms with van der Waals surface area (Å²) in [5.41, 5.74) is 4.16. The second-order valence-corrected chi connectivity index (χ2v) is 7.46. The van der Waals surface area contributed by atoms with Crippen LogP contribution in [-0.2, 0) is 11.2 Å². The van der Waals surface area contributed by atoms with Gasteiger partial charge < -0.3 is 5.32 Å². The van der Waals surface area contributed by atoms with Crippen molar-refractivity contribution in [1.29, 1.82) is 5.26 Å². The van der Waals surface area contributed by atoms with Crippen LogP contribution in [0.5, 0.6) is 0 Å². The Morgan fingerprint density at radius 2 is 2.12 bits per heavy atom. The number of fused-ring (bicyclic) bond motifs is 1.